The quantitative estimate of drug-likeness (QED) is 0.361. The first kappa shape index (κ1) is 16.9. The Balaban J connectivity index is 2.69. The number of carbonyl (C=O) groups excluding carboxylic acids is 2. The average molecular weight is 304 g/mol. The van der Waals surface area contributed by atoms with E-state index in [4.69, 9.17) is 0 Å². The molecule has 0 aliphatic heterocycles. The van der Waals surface area contributed by atoms with E-state index < -0.39 is 29.3 Å². The lowest BCUT2D eigenvalue weighted by Gasteiger charge is -2.09. The number of hydrogen-bond donors (Lipinski definition) is 0. The normalized spacial score (nSPS) is 11.7. The number of allylic oxidation sites excluding steroid dienone is 1. The number of halogens is 4. The Morgan fingerprint density at radius 1 is 1.19 bits per heavy atom. The smallest absolute Gasteiger partial charge is 0.419 e. The van der Waals surface area contributed by atoms with Gasteiger partial charge in [-0.15, -0.1) is 0 Å². The minimum absolute atomic E-state index is 0.0898. The first-order chi connectivity index (χ1) is 9.70. The van der Waals surface area contributed by atoms with Crippen LogP contribution in [0.5, 0.6) is 5.75 Å². The van der Waals surface area contributed by atoms with Gasteiger partial charge in [-0.05, 0) is 25.1 Å². The van der Waals surface area contributed by atoms with Crippen molar-refractivity contribution in [1.82, 2.24) is 0 Å². The van der Waals surface area contributed by atoms with Gasteiger partial charge in [0, 0.05) is 6.42 Å². The van der Waals surface area contributed by atoms with Crippen molar-refractivity contribution in [2.45, 2.75) is 25.9 Å². The number of ketones is 1. The van der Waals surface area contributed by atoms with Crippen LogP contribution in [0.2, 0.25) is 0 Å². The first-order valence-electron chi connectivity index (χ1n) is 5.92. The lowest BCUT2D eigenvalue weighted by Crippen LogP contribution is -2.11. The highest BCUT2D eigenvalue weighted by molar-refractivity contribution is 5.77. The third-order valence-corrected chi connectivity index (χ3v) is 2.33. The van der Waals surface area contributed by atoms with Crippen LogP contribution in [0, 0.1) is 5.82 Å². The van der Waals surface area contributed by atoms with Crippen molar-refractivity contribution in [2.75, 3.05) is 0 Å². The molecule has 0 N–H and O–H groups in total. The van der Waals surface area contributed by atoms with Crippen molar-refractivity contribution in [3.05, 3.63) is 41.7 Å². The number of benzene rings is 1. The molecule has 3 nitrogen and oxygen atoms in total. The number of esters is 1. The van der Waals surface area contributed by atoms with E-state index in [1.54, 1.807) is 0 Å². The zero-order valence-corrected chi connectivity index (χ0v) is 11.0. The summed E-state index contributed by atoms with van der Waals surface area (Å²) in [5, 5.41) is 0. The standard InChI is InChI=1S/C14H12F4O3/c1-9(19)4-2-3-5-13(20)21-10-6-7-12(15)11(8-10)14(16,17)18/h2-3,6-8H,4-5H2,1H3/b3-2+. The lowest BCUT2D eigenvalue weighted by molar-refractivity contribution is -0.141. The second kappa shape index (κ2) is 7.01. The number of rotatable bonds is 5. The monoisotopic (exact) mass is 304 g/mol. The van der Waals surface area contributed by atoms with Crippen LogP contribution in [0.4, 0.5) is 17.6 Å². The van der Waals surface area contributed by atoms with Gasteiger partial charge < -0.3 is 4.74 Å². The van der Waals surface area contributed by atoms with Gasteiger partial charge in [-0.25, -0.2) is 4.39 Å². The fourth-order valence-corrected chi connectivity index (χ4v) is 1.39. The highest BCUT2D eigenvalue weighted by atomic mass is 19.4. The van der Waals surface area contributed by atoms with Crippen LogP contribution in [0.15, 0.2) is 30.4 Å². The van der Waals surface area contributed by atoms with E-state index in [9.17, 15) is 27.2 Å². The third kappa shape index (κ3) is 5.76. The molecule has 0 bridgehead atoms. The van der Waals surface area contributed by atoms with Crippen molar-refractivity contribution in [2.24, 2.45) is 0 Å². The molecule has 7 heteroatoms. The number of hydrogen-bond acceptors (Lipinski definition) is 3. The van der Waals surface area contributed by atoms with Gasteiger partial charge in [-0.3, -0.25) is 9.59 Å². The molecule has 0 atom stereocenters. The van der Waals surface area contributed by atoms with Gasteiger partial charge in [-0.1, -0.05) is 12.2 Å². The Morgan fingerprint density at radius 2 is 1.81 bits per heavy atom. The van der Waals surface area contributed by atoms with E-state index in [-0.39, 0.29) is 18.6 Å². The molecule has 1 rings (SSSR count). The summed E-state index contributed by atoms with van der Waals surface area (Å²) in [5.41, 5.74) is -1.50. The molecule has 0 amide bonds. The zero-order valence-electron chi connectivity index (χ0n) is 11.0. The highest BCUT2D eigenvalue weighted by Gasteiger charge is 2.34. The molecule has 0 saturated carbocycles. The maximum Gasteiger partial charge on any atom is 0.419 e. The Bertz CT molecular complexity index is 562. The first-order valence-corrected chi connectivity index (χ1v) is 5.92. The number of ether oxygens (including phenoxy) is 1. The summed E-state index contributed by atoms with van der Waals surface area (Å²) in [6.07, 6.45) is -2.09. The van der Waals surface area contributed by atoms with Gasteiger partial charge in [0.25, 0.3) is 0 Å². The Labute approximate surface area is 118 Å². The van der Waals surface area contributed by atoms with E-state index in [1.807, 2.05) is 0 Å². The summed E-state index contributed by atoms with van der Waals surface area (Å²) in [6.45, 7) is 1.37. The predicted octanol–water partition coefficient (Wildman–Crippen LogP) is 3.68. The molecule has 1 aromatic carbocycles. The van der Waals surface area contributed by atoms with E-state index in [1.165, 1.54) is 19.1 Å². The molecule has 0 heterocycles. The van der Waals surface area contributed by atoms with Crippen LogP contribution in [-0.2, 0) is 15.8 Å². The minimum Gasteiger partial charge on any atom is -0.426 e. The van der Waals surface area contributed by atoms with E-state index in [2.05, 4.69) is 4.74 Å². The minimum atomic E-state index is -4.87. The van der Waals surface area contributed by atoms with Gasteiger partial charge >= 0.3 is 12.1 Å². The number of carbonyl (C=O) groups is 2. The topological polar surface area (TPSA) is 43.4 Å². The maximum absolute atomic E-state index is 13.0. The van der Waals surface area contributed by atoms with Crippen molar-refractivity contribution in [3.63, 3.8) is 0 Å². The molecule has 21 heavy (non-hydrogen) atoms. The van der Waals surface area contributed by atoms with Gasteiger partial charge in [-0.2, -0.15) is 13.2 Å². The largest absolute Gasteiger partial charge is 0.426 e. The van der Waals surface area contributed by atoms with Gasteiger partial charge in [0.2, 0.25) is 0 Å². The van der Waals surface area contributed by atoms with Crippen LogP contribution >= 0.6 is 0 Å². The molecule has 0 radical (unpaired) electrons. The van der Waals surface area contributed by atoms with Crippen LogP contribution in [-0.4, -0.2) is 11.8 Å². The summed E-state index contributed by atoms with van der Waals surface area (Å²) in [5.74, 6) is -2.74. The summed E-state index contributed by atoms with van der Waals surface area (Å²) >= 11 is 0. The molecule has 0 spiro atoms. The van der Waals surface area contributed by atoms with Crippen LogP contribution < -0.4 is 4.74 Å². The Morgan fingerprint density at radius 3 is 2.38 bits per heavy atom. The molecule has 0 unspecified atom stereocenters. The van der Waals surface area contributed by atoms with E-state index >= 15 is 0 Å². The fourth-order valence-electron chi connectivity index (χ4n) is 1.39. The summed E-state index contributed by atoms with van der Waals surface area (Å²) < 4.78 is 55.1. The number of Topliss-reactive ketones (excluding diaryl/α,β-unsaturated/α-hetero) is 1. The van der Waals surface area contributed by atoms with Crippen LogP contribution in [0.1, 0.15) is 25.3 Å². The van der Waals surface area contributed by atoms with Crippen molar-refractivity contribution >= 4 is 11.8 Å². The van der Waals surface area contributed by atoms with Crippen molar-refractivity contribution in [3.8, 4) is 5.75 Å². The summed E-state index contributed by atoms with van der Waals surface area (Å²) in [6, 6.07) is 1.94. The molecular formula is C14H12F4O3. The molecular weight excluding hydrogens is 292 g/mol. The molecule has 0 aliphatic carbocycles. The molecule has 0 aliphatic rings. The predicted molar refractivity (Wildman–Crippen MR) is 66.1 cm³/mol. The molecule has 0 saturated heterocycles. The molecule has 0 aromatic heterocycles. The van der Waals surface area contributed by atoms with E-state index in [0.717, 1.165) is 6.07 Å². The molecule has 0 fully saturated rings. The summed E-state index contributed by atoms with van der Waals surface area (Å²) in [4.78, 5) is 22.0. The maximum atomic E-state index is 13.0. The molecule has 1 aromatic rings. The third-order valence-electron chi connectivity index (χ3n) is 2.33. The van der Waals surface area contributed by atoms with Crippen LogP contribution in [0.25, 0.3) is 0 Å². The fraction of sp³-hybridized carbons (Fsp3) is 0.286. The highest BCUT2D eigenvalue weighted by Crippen LogP contribution is 2.33. The van der Waals surface area contributed by atoms with Gasteiger partial charge in [0.15, 0.2) is 0 Å². The number of alkyl halides is 3. The molecule has 114 valence electrons. The Kier molecular flexibility index (Phi) is 5.63. The lowest BCUT2D eigenvalue weighted by atomic mass is 10.2. The van der Waals surface area contributed by atoms with Crippen molar-refractivity contribution in [1.29, 1.82) is 0 Å². The van der Waals surface area contributed by atoms with Crippen molar-refractivity contribution < 1.29 is 31.9 Å². The summed E-state index contributed by atoms with van der Waals surface area (Å²) in [7, 11) is 0. The zero-order chi connectivity index (χ0) is 16.0. The van der Waals surface area contributed by atoms with Crippen LogP contribution in [0.3, 0.4) is 0 Å². The van der Waals surface area contributed by atoms with Gasteiger partial charge in [0.05, 0.1) is 12.0 Å². The second-order valence-electron chi connectivity index (χ2n) is 4.20. The average Bonchev–Trinajstić information content (AvgIpc) is 2.35. The second-order valence-corrected chi connectivity index (χ2v) is 4.20. The van der Waals surface area contributed by atoms with E-state index in [0.29, 0.717) is 12.1 Å². The van der Waals surface area contributed by atoms with Gasteiger partial charge in [0.1, 0.15) is 17.3 Å². The SMILES string of the molecule is CC(=O)C/C=C/CC(=O)Oc1ccc(F)c(C(F)(F)F)c1. The Hall–Kier alpha value is -2.18.